The van der Waals surface area contributed by atoms with Gasteiger partial charge in [-0.15, -0.1) is 0 Å². The summed E-state index contributed by atoms with van der Waals surface area (Å²) in [5.41, 5.74) is -2.46. The van der Waals surface area contributed by atoms with Gasteiger partial charge in [-0.05, 0) is 31.5 Å². The van der Waals surface area contributed by atoms with E-state index in [9.17, 15) is 22.2 Å². The first kappa shape index (κ1) is 17.6. The molecule has 0 saturated heterocycles. The van der Waals surface area contributed by atoms with Crippen LogP contribution in [0.2, 0.25) is 0 Å². The van der Waals surface area contributed by atoms with Crippen LogP contribution in [0.5, 0.6) is 0 Å². The first-order valence-electron chi connectivity index (χ1n) is 5.99. The zero-order chi connectivity index (χ0) is 16.3. The molecule has 0 fully saturated rings. The minimum atomic E-state index is -4.48. The number of alkyl halides is 3. The van der Waals surface area contributed by atoms with Crippen LogP contribution in [0.3, 0.4) is 0 Å². The van der Waals surface area contributed by atoms with E-state index in [1.807, 2.05) is 0 Å². The summed E-state index contributed by atoms with van der Waals surface area (Å²) in [5.74, 6) is -0.819. The summed E-state index contributed by atoms with van der Waals surface area (Å²) in [4.78, 5) is 12.0. The number of carbonyl (C=O) groups is 1. The van der Waals surface area contributed by atoms with Crippen molar-refractivity contribution in [2.24, 2.45) is 0 Å². The van der Waals surface area contributed by atoms with E-state index in [-0.39, 0.29) is 12.2 Å². The normalized spacial score (nSPS) is 16.1. The van der Waals surface area contributed by atoms with Crippen molar-refractivity contribution in [3.8, 4) is 0 Å². The number of halogens is 3. The zero-order valence-electron chi connectivity index (χ0n) is 11.7. The van der Waals surface area contributed by atoms with Gasteiger partial charge in [0.1, 0.15) is 0 Å². The van der Waals surface area contributed by atoms with Crippen molar-refractivity contribution in [1.29, 1.82) is 0 Å². The SMILES string of the molecule is CCOC(=O)C(C)(OS(C)=O)c1ccc(C(F)(F)F)cc1. The van der Waals surface area contributed by atoms with Crippen LogP contribution in [0.1, 0.15) is 25.0 Å². The Balaban J connectivity index is 3.21. The second kappa shape index (κ2) is 6.57. The lowest BCUT2D eigenvalue weighted by Crippen LogP contribution is -2.37. The highest BCUT2D eigenvalue weighted by molar-refractivity contribution is 7.79. The van der Waals surface area contributed by atoms with Crippen molar-refractivity contribution in [2.45, 2.75) is 25.6 Å². The Bertz CT molecular complexity index is 527. The molecule has 0 N–H and O–H groups in total. The highest BCUT2D eigenvalue weighted by atomic mass is 32.2. The molecule has 0 aromatic heterocycles. The number of hydrogen-bond acceptors (Lipinski definition) is 4. The van der Waals surface area contributed by atoms with Crippen LogP contribution in [0.4, 0.5) is 13.2 Å². The zero-order valence-corrected chi connectivity index (χ0v) is 12.5. The maximum absolute atomic E-state index is 12.5. The summed E-state index contributed by atoms with van der Waals surface area (Å²) in [6, 6.07) is 3.86. The summed E-state index contributed by atoms with van der Waals surface area (Å²) in [5, 5.41) is 0. The molecule has 0 aliphatic carbocycles. The van der Waals surface area contributed by atoms with Gasteiger partial charge >= 0.3 is 12.1 Å². The molecular weight excluding hydrogens is 309 g/mol. The van der Waals surface area contributed by atoms with Crippen LogP contribution in [0.25, 0.3) is 0 Å². The Morgan fingerprint density at radius 2 is 1.67 bits per heavy atom. The average Bonchev–Trinajstić information content (AvgIpc) is 2.37. The molecule has 21 heavy (non-hydrogen) atoms. The van der Waals surface area contributed by atoms with E-state index in [4.69, 9.17) is 8.92 Å². The van der Waals surface area contributed by atoms with Crippen LogP contribution in [0.15, 0.2) is 24.3 Å². The van der Waals surface area contributed by atoms with Gasteiger partial charge in [0.2, 0.25) is 5.60 Å². The Morgan fingerprint density at radius 3 is 2.05 bits per heavy atom. The van der Waals surface area contributed by atoms with Crippen LogP contribution in [-0.4, -0.2) is 23.0 Å². The highest BCUT2D eigenvalue weighted by Gasteiger charge is 2.40. The predicted octanol–water partition coefficient (Wildman–Crippen LogP) is 2.79. The van der Waals surface area contributed by atoms with E-state index in [1.54, 1.807) is 6.92 Å². The lowest BCUT2D eigenvalue weighted by Gasteiger charge is -2.26. The van der Waals surface area contributed by atoms with Crippen molar-refractivity contribution >= 4 is 17.0 Å². The van der Waals surface area contributed by atoms with E-state index in [1.165, 1.54) is 13.2 Å². The topological polar surface area (TPSA) is 52.6 Å². The van der Waals surface area contributed by atoms with E-state index in [0.29, 0.717) is 0 Å². The number of carbonyl (C=O) groups excluding carboxylic acids is 1. The Kier molecular flexibility index (Phi) is 5.52. The first-order chi connectivity index (χ1) is 9.61. The van der Waals surface area contributed by atoms with Crippen molar-refractivity contribution < 1.29 is 31.1 Å². The molecule has 1 aromatic rings. The molecule has 2 atom stereocenters. The minimum absolute atomic E-state index is 0.0643. The highest BCUT2D eigenvalue weighted by Crippen LogP contribution is 2.33. The molecule has 0 saturated carbocycles. The third-order valence-corrected chi connectivity index (χ3v) is 3.28. The number of esters is 1. The molecule has 0 amide bonds. The third kappa shape index (κ3) is 4.28. The molecule has 1 rings (SSSR count). The summed E-state index contributed by atoms with van der Waals surface area (Å²) in [7, 11) is 0. The third-order valence-electron chi connectivity index (χ3n) is 2.71. The van der Waals surface area contributed by atoms with Crippen LogP contribution < -0.4 is 0 Å². The van der Waals surface area contributed by atoms with Gasteiger partial charge in [-0.25, -0.2) is 9.00 Å². The van der Waals surface area contributed by atoms with Crippen molar-refractivity contribution in [3.05, 3.63) is 35.4 Å². The van der Waals surface area contributed by atoms with Gasteiger partial charge in [-0.3, -0.25) is 4.18 Å². The lowest BCUT2D eigenvalue weighted by atomic mass is 9.95. The Hall–Kier alpha value is -1.41. The molecule has 0 heterocycles. The summed E-state index contributed by atoms with van der Waals surface area (Å²) in [6.07, 6.45) is -3.27. The van der Waals surface area contributed by atoms with Gasteiger partial charge in [0.15, 0.2) is 11.1 Å². The fourth-order valence-corrected chi connectivity index (χ4v) is 2.31. The minimum Gasteiger partial charge on any atom is -0.464 e. The van der Waals surface area contributed by atoms with Gasteiger partial charge < -0.3 is 4.74 Å². The van der Waals surface area contributed by atoms with Crippen molar-refractivity contribution in [3.63, 3.8) is 0 Å². The average molecular weight is 324 g/mol. The molecule has 0 aliphatic rings. The largest absolute Gasteiger partial charge is 0.464 e. The van der Waals surface area contributed by atoms with Crippen LogP contribution in [0, 0.1) is 0 Å². The number of rotatable bonds is 5. The van der Waals surface area contributed by atoms with E-state index >= 15 is 0 Å². The van der Waals surface area contributed by atoms with Gasteiger partial charge in [0.25, 0.3) is 0 Å². The lowest BCUT2D eigenvalue weighted by molar-refractivity contribution is -0.160. The smallest absolute Gasteiger partial charge is 0.416 e. The molecule has 118 valence electrons. The summed E-state index contributed by atoms with van der Waals surface area (Å²) >= 11 is -1.81. The molecule has 2 unspecified atom stereocenters. The monoisotopic (exact) mass is 324 g/mol. The van der Waals surface area contributed by atoms with Gasteiger partial charge in [0, 0.05) is 6.26 Å². The van der Waals surface area contributed by atoms with E-state index in [2.05, 4.69) is 0 Å². The van der Waals surface area contributed by atoms with E-state index < -0.39 is 34.4 Å². The van der Waals surface area contributed by atoms with Crippen LogP contribution >= 0.6 is 0 Å². The molecule has 0 spiro atoms. The molecular formula is C13H15F3O4S. The molecule has 0 radical (unpaired) electrons. The van der Waals surface area contributed by atoms with Crippen LogP contribution in [-0.2, 0) is 36.6 Å². The summed E-state index contributed by atoms with van der Waals surface area (Å²) in [6.45, 7) is 2.94. The maximum atomic E-state index is 12.5. The fourth-order valence-electron chi connectivity index (χ4n) is 1.68. The standard InChI is InChI=1S/C13H15F3O4S/c1-4-19-11(17)12(2,20-21(3)18)9-5-7-10(8-6-9)13(14,15)16/h5-8H,4H2,1-3H3. The van der Waals surface area contributed by atoms with E-state index in [0.717, 1.165) is 24.3 Å². The second-order valence-corrected chi connectivity index (χ2v) is 5.28. The van der Waals surface area contributed by atoms with Crippen molar-refractivity contribution in [2.75, 3.05) is 12.9 Å². The fraction of sp³-hybridized carbons (Fsp3) is 0.462. The second-order valence-electron chi connectivity index (χ2n) is 4.31. The van der Waals surface area contributed by atoms with Gasteiger partial charge in [-0.1, -0.05) is 12.1 Å². The number of ether oxygens (including phenoxy) is 1. The Labute approximate surface area is 122 Å². The number of hydrogen-bond donors (Lipinski definition) is 0. The van der Waals surface area contributed by atoms with Crippen molar-refractivity contribution in [1.82, 2.24) is 0 Å². The maximum Gasteiger partial charge on any atom is 0.416 e. The molecule has 4 nitrogen and oxygen atoms in total. The Morgan fingerprint density at radius 1 is 1.19 bits per heavy atom. The molecule has 8 heteroatoms. The number of benzene rings is 1. The quantitative estimate of drug-likeness (QED) is 0.782. The van der Waals surface area contributed by atoms with Gasteiger partial charge in [-0.2, -0.15) is 13.2 Å². The first-order valence-corrected chi connectivity index (χ1v) is 7.47. The van der Waals surface area contributed by atoms with Gasteiger partial charge in [0.05, 0.1) is 12.2 Å². The molecule has 0 bridgehead atoms. The predicted molar refractivity (Wildman–Crippen MR) is 70.6 cm³/mol. The summed E-state index contributed by atoms with van der Waals surface area (Å²) < 4.78 is 58.8. The molecule has 0 aliphatic heterocycles. The molecule has 1 aromatic carbocycles.